The summed E-state index contributed by atoms with van der Waals surface area (Å²) in [6.45, 7) is 2.63. The van der Waals surface area contributed by atoms with Crippen molar-refractivity contribution in [1.29, 1.82) is 0 Å². The average molecular weight is 263 g/mol. The molecule has 0 fully saturated rings. The maximum atomic E-state index is 5.66. The number of nitrogens with two attached hydrogens (primary N) is 1. The van der Waals surface area contributed by atoms with Gasteiger partial charge in [0.15, 0.2) is 0 Å². The molecule has 0 spiro atoms. The smallest absolute Gasteiger partial charge is 0.121 e. The Labute approximate surface area is 79.9 Å². The van der Waals surface area contributed by atoms with Crippen molar-refractivity contribution in [3.63, 3.8) is 0 Å². The first-order valence-corrected chi connectivity index (χ1v) is 4.49. The van der Waals surface area contributed by atoms with Gasteiger partial charge in [-0.2, -0.15) is 0 Å². The van der Waals surface area contributed by atoms with Gasteiger partial charge in [0.1, 0.15) is 5.75 Å². The Morgan fingerprint density at radius 3 is 2.82 bits per heavy atom. The molecule has 0 atom stereocenters. The Balaban J connectivity index is 2.86. The zero-order valence-electron chi connectivity index (χ0n) is 6.30. The van der Waals surface area contributed by atoms with Gasteiger partial charge in [-0.1, -0.05) is 0 Å². The van der Waals surface area contributed by atoms with Crippen molar-refractivity contribution in [1.82, 2.24) is 0 Å². The molecule has 0 unspecified atom stereocenters. The molecular weight excluding hydrogens is 253 g/mol. The third kappa shape index (κ3) is 2.25. The van der Waals surface area contributed by atoms with E-state index < -0.39 is 0 Å². The highest BCUT2D eigenvalue weighted by atomic mass is 127. The van der Waals surface area contributed by atoms with Gasteiger partial charge in [-0.3, -0.25) is 0 Å². The predicted molar refractivity (Wildman–Crippen MR) is 54.7 cm³/mol. The van der Waals surface area contributed by atoms with Crippen LogP contribution in [0.25, 0.3) is 0 Å². The Hall–Kier alpha value is -0.450. The average Bonchev–Trinajstić information content (AvgIpc) is 1.98. The minimum Gasteiger partial charge on any atom is -0.494 e. The van der Waals surface area contributed by atoms with Crippen LogP contribution >= 0.6 is 22.6 Å². The van der Waals surface area contributed by atoms with E-state index in [1.165, 1.54) is 0 Å². The van der Waals surface area contributed by atoms with Crippen LogP contribution in [0, 0.1) is 3.57 Å². The molecule has 0 heterocycles. The summed E-state index contributed by atoms with van der Waals surface area (Å²) in [5.41, 5.74) is 6.44. The second-order valence-corrected chi connectivity index (χ2v) is 3.28. The summed E-state index contributed by atoms with van der Waals surface area (Å²) in [5, 5.41) is 0. The Kier molecular flexibility index (Phi) is 2.99. The van der Waals surface area contributed by atoms with Crippen LogP contribution in [0.1, 0.15) is 6.92 Å². The van der Waals surface area contributed by atoms with Crippen molar-refractivity contribution in [2.45, 2.75) is 6.92 Å². The molecule has 1 aromatic carbocycles. The van der Waals surface area contributed by atoms with E-state index >= 15 is 0 Å². The lowest BCUT2D eigenvalue weighted by atomic mass is 10.3. The highest BCUT2D eigenvalue weighted by molar-refractivity contribution is 14.1. The number of nitrogen functional groups attached to an aromatic ring is 1. The van der Waals surface area contributed by atoms with Crippen molar-refractivity contribution >= 4 is 28.3 Å². The third-order valence-electron chi connectivity index (χ3n) is 1.28. The Morgan fingerprint density at radius 2 is 2.27 bits per heavy atom. The summed E-state index contributed by atoms with van der Waals surface area (Å²) in [5.74, 6) is 0.838. The summed E-state index contributed by atoms with van der Waals surface area (Å²) < 4.78 is 6.32. The number of benzene rings is 1. The monoisotopic (exact) mass is 263 g/mol. The van der Waals surface area contributed by atoms with Gasteiger partial charge in [-0.15, -0.1) is 0 Å². The van der Waals surface area contributed by atoms with E-state index in [1.54, 1.807) is 0 Å². The van der Waals surface area contributed by atoms with E-state index in [-0.39, 0.29) is 0 Å². The molecule has 2 N–H and O–H groups in total. The van der Waals surface area contributed by atoms with E-state index in [2.05, 4.69) is 22.6 Å². The Bertz CT molecular complexity index is 250. The van der Waals surface area contributed by atoms with Crippen LogP contribution in [-0.4, -0.2) is 6.61 Å². The maximum absolute atomic E-state index is 5.66. The van der Waals surface area contributed by atoms with E-state index in [0.29, 0.717) is 6.61 Å². The fourth-order valence-electron chi connectivity index (χ4n) is 0.778. The molecule has 0 radical (unpaired) electrons. The molecule has 1 rings (SSSR count). The number of hydrogen-bond acceptors (Lipinski definition) is 2. The topological polar surface area (TPSA) is 35.2 Å². The number of ether oxygens (including phenoxy) is 1. The van der Waals surface area contributed by atoms with Gasteiger partial charge in [0, 0.05) is 15.3 Å². The zero-order valence-corrected chi connectivity index (χ0v) is 8.46. The molecule has 0 bridgehead atoms. The molecule has 11 heavy (non-hydrogen) atoms. The van der Waals surface area contributed by atoms with Gasteiger partial charge in [0.05, 0.1) is 6.61 Å². The van der Waals surface area contributed by atoms with Gasteiger partial charge in [0.2, 0.25) is 0 Å². The number of hydrogen-bond donors (Lipinski definition) is 1. The summed E-state index contributed by atoms with van der Waals surface area (Å²) in [7, 11) is 0. The van der Waals surface area contributed by atoms with Crippen LogP contribution < -0.4 is 10.5 Å². The van der Waals surface area contributed by atoms with Crippen LogP contribution in [0.15, 0.2) is 18.2 Å². The SMILES string of the molecule is CCOc1ccc(I)c(N)c1. The molecule has 60 valence electrons. The van der Waals surface area contributed by atoms with Crippen LogP contribution in [0.4, 0.5) is 5.69 Å². The molecule has 0 amide bonds. The quantitative estimate of drug-likeness (QED) is 0.656. The highest BCUT2D eigenvalue weighted by Crippen LogP contribution is 2.20. The number of rotatable bonds is 2. The lowest BCUT2D eigenvalue weighted by Gasteiger charge is -2.04. The minimum atomic E-state index is 0.681. The van der Waals surface area contributed by atoms with Crippen molar-refractivity contribution < 1.29 is 4.74 Å². The van der Waals surface area contributed by atoms with Gasteiger partial charge >= 0.3 is 0 Å². The van der Waals surface area contributed by atoms with Crippen LogP contribution in [-0.2, 0) is 0 Å². The highest BCUT2D eigenvalue weighted by Gasteiger charge is 1.96. The lowest BCUT2D eigenvalue weighted by molar-refractivity contribution is 0.340. The first kappa shape index (κ1) is 8.64. The molecule has 0 saturated carbocycles. The van der Waals surface area contributed by atoms with E-state index in [4.69, 9.17) is 10.5 Å². The van der Waals surface area contributed by atoms with Crippen LogP contribution in [0.3, 0.4) is 0 Å². The minimum absolute atomic E-state index is 0.681. The molecule has 0 aromatic heterocycles. The first-order chi connectivity index (χ1) is 5.24. The fourth-order valence-corrected chi connectivity index (χ4v) is 1.11. The zero-order chi connectivity index (χ0) is 8.27. The van der Waals surface area contributed by atoms with Crippen LogP contribution in [0.5, 0.6) is 5.75 Å². The van der Waals surface area contributed by atoms with Crippen molar-refractivity contribution in [2.75, 3.05) is 12.3 Å². The van der Waals surface area contributed by atoms with E-state index in [0.717, 1.165) is 15.0 Å². The molecule has 0 aliphatic carbocycles. The number of halogens is 1. The molecule has 0 aliphatic heterocycles. The largest absolute Gasteiger partial charge is 0.494 e. The first-order valence-electron chi connectivity index (χ1n) is 3.42. The Morgan fingerprint density at radius 1 is 1.55 bits per heavy atom. The molecule has 0 aliphatic rings. The summed E-state index contributed by atoms with van der Waals surface area (Å²) >= 11 is 2.19. The summed E-state index contributed by atoms with van der Waals surface area (Å²) in [6.07, 6.45) is 0. The molecular formula is C8H10INO. The van der Waals surface area contributed by atoms with Crippen molar-refractivity contribution in [2.24, 2.45) is 0 Å². The second kappa shape index (κ2) is 3.80. The van der Waals surface area contributed by atoms with E-state index in [1.807, 2.05) is 25.1 Å². The fraction of sp³-hybridized carbons (Fsp3) is 0.250. The van der Waals surface area contributed by atoms with Crippen molar-refractivity contribution in [3.8, 4) is 5.75 Å². The van der Waals surface area contributed by atoms with Crippen LogP contribution in [0.2, 0.25) is 0 Å². The molecule has 3 heteroatoms. The standard InChI is InChI=1S/C8H10INO/c1-2-11-6-3-4-7(9)8(10)5-6/h3-5H,2,10H2,1H3. The maximum Gasteiger partial charge on any atom is 0.121 e. The van der Waals surface area contributed by atoms with Gasteiger partial charge in [-0.25, -0.2) is 0 Å². The van der Waals surface area contributed by atoms with Gasteiger partial charge in [0.25, 0.3) is 0 Å². The van der Waals surface area contributed by atoms with Crippen molar-refractivity contribution in [3.05, 3.63) is 21.8 Å². The molecule has 1 aromatic rings. The van der Waals surface area contributed by atoms with E-state index in [9.17, 15) is 0 Å². The van der Waals surface area contributed by atoms with Gasteiger partial charge < -0.3 is 10.5 Å². The molecule has 0 saturated heterocycles. The third-order valence-corrected chi connectivity index (χ3v) is 2.26. The predicted octanol–water partition coefficient (Wildman–Crippen LogP) is 2.27. The van der Waals surface area contributed by atoms with Gasteiger partial charge in [-0.05, 0) is 41.6 Å². The molecule has 2 nitrogen and oxygen atoms in total. The second-order valence-electron chi connectivity index (χ2n) is 2.12. The normalized spacial score (nSPS) is 9.64. The number of anilines is 1. The lowest BCUT2D eigenvalue weighted by Crippen LogP contribution is -1.94. The summed E-state index contributed by atoms with van der Waals surface area (Å²) in [4.78, 5) is 0. The summed E-state index contributed by atoms with van der Waals surface area (Å²) in [6, 6.07) is 5.70.